The second-order valence-electron chi connectivity index (χ2n) is 14.9. The summed E-state index contributed by atoms with van der Waals surface area (Å²) >= 11 is 0. The molecule has 0 bridgehead atoms. The summed E-state index contributed by atoms with van der Waals surface area (Å²) in [5, 5.41) is 43.2. The van der Waals surface area contributed by atoms with Gasteiger partial charge in [0.1, 0.15) is 17.4 Å². The molecule has 14 nitrogen and oxygen atoms in total. The molecule has 1 aromatic carbocycles. The third-order valence-corrected chi connectivity index (χ3v) is 12.2. The Hall–Kier alpha value is -3.57. The van der Waals surface area contributed by atoms with Crippen LogP contribution in [0, 0.1) is 28.6 Å². The van der Waals surface area contributed by atoms with Crippen molar-refractivity contribution in [3.8, 4) is 5.75 Å². The van der Waals surface area contributed by atoms with Gasteiger partial charge in [-0.25, -0.2) is 9.18 Å². The number of unbranched alkanes of at least 4 members (excludes halogenated alkanes) is 1. The number of Topliss-reactive ketones (excluding diaryl/α,β-unsaturated/α-hetero) is 1. The highest BCUT2D eigenvalue weighted by Crippen LogP contribution is 2.70. The van der Waals surface area contributed by atoms with E-state index >= 15 is 4.39 Å². The molecular weight excluding hydrogens is 683 g/mol. The maximum Gasteiger partial charge on any atom is 0.514 e. The van der Waals surface area contributed by atoms with E-state index in [4.69, 9.17) is 24.6 Å². The van der Waals surface area contributed by atoms with Gasteiger partial charge in [0.2, 0.25) is 5.78 Å². The number of nitrogens with one attached hydrogen (secondary N) is 1. The largest absolute Gasteiger partial charge is 0.514 e. The molecule has 9 atom stereocenters. The van der Waals surface area contributed by atoms with Gasteiger partial charge < -0.3 is 29.7 Å². The highest BCUT2D eigenvalue weighted by Gasteiger charge is 2.75. The minimum Gasteiger partial charge on any atom is -0.465 e. The highest BCUT2D eigenvalue weighted by molar-refractivity contribution is 6.01. The summed E-state index contributed by atoms with van der Waals surface area (Å²) < 4.78 is 33.1. The molecule has 5 rings (SSSR count). The lowest BCUT2D eigenvalue weighted by molar-refractivity contribution is -0.492. The third kappa shape index (κ3) is 7.07. The molecule has 1 aromatic rings. The number of carbonyl (C=O) groups excluding carboxylic acids is 4. The molecule has 3 saturated carbocycles. The Balaban J connectivity index is 1.15. The minimum atomic E-state index is -2.11. The van der Waals surface area contributed by atoms with E-state index in [2.05, 4.69) is 10.2 Å². The average molecular weight is 733 g/mol. The van der Waals surface area contributed by atoms with Gasteiger partial charge in [-0.2, -0.15) is 0 Å². The van der Waals surface area contributed by atoms with E-state index in [1.54, 1.807) is 46.0 Å². The Morgan fingerprint density at radius 2 is 1.77 bits per heavy atom. The number of fused-ring (bicyclic) bond motifs is 5. The predicted octanol–water partition coefficient (Wildman–Crippen LogP) is 3.58. The number of hydrogen-bond donors (Lipinski definition) is 5. The Morgan fingerprint density at radius 3 is 2.44 bits per heavy atom. The van der Waals surface area contributed by atoms with Crippen molar-refractivity contribution in [3.05, 3.63) is 53.6 Å². The first-order valence-electron chi connectivity index (χ1n) is 17.7. The van der Waals surface area contributed by atoms with Crippen LogP contribution in [-0.4, -0.2) is 100.0 Å². The van der Waals surface area contributed by atoms with Crippen LogP contribution in [0.25, 0.3) is 0 Å². The second-order valence-corrected chi connectivity index (χ2v) is 14.9. The van der Waals surface area contributed by atoms with E-state index in [1.165, 1.54) is 24.3 Å². The fourth-order valence-corrected chi connectivity index (χ4v) is 9.36. The Kier molecular flexibility index (Phi) is 11.8. The van der Waals surface area contributed by atoms with Crippen LogP contribution >= 0.6 is 0 Å². The van der Waals surface area contributed by atoms with Crippen molar-refractivity contribution >= 4 is 23.7 Å². The highest BCUT2D eigenvalue weighted by atomic mass is 19.1. The van der Waals surface area contributed by atoms with Gasteiger partial charge in [-0.15, -0.1) is 0 Å². The minimum absolute atomic E-state index is 0.0377. The van der Waals surface area contributed by atoms with Crippen LogP contribution in [0.4, 0.5) is 9.18 Å². The molecule has 0 aromatic heterocycles. The van der Waals surface area contributed by atoms with Crippen molar-refractivity contribution in [2.24, 2.45) is 28.6 Å². The Morgan fingerprint density at radius 1 is 1.08 bits per heavy atom. The van der Waals surface area contributed by atoms with Crippen molar-refractivity contribution < 1.29 is 63.2 Å². The maximum absolute atomic E-state index is 17.4. The van der Waals surface area contributed by atoms with Crippen LogP contribution in [-0.2, 0) is 35.1 Å². The molecule has 0 heterocycles. The SMILES string of the molecule is CN[C@@H](Cc1ccc(OC(=O)OCC(=O)[C@@]2(O)[C@@H](C)C[C@H]3[C@@H]4CCC5=CC(=O)C=C[C@]5(C)[C@@]4(F)[C@@H](O)C[C@@]32C)cc1)C(=O)OCCCCON(O)O. The molecule has 0 radical (unpaired) electrons. The first-order chi connectivity index (χ1) is 24.5. The van der Waals surface area contributed by atoms with Gasteiger partial charge in [0.15, 0.2) is 18.1 Å². The van der Waals surface area contributed by atoms with Crippen molar-refractivity contribution in [2.75, 3.05) is 26.9 Å². The lowest BCUT2D eigenvalue weighted by atomic mass is 9.44. The van der Waals surface area contributed by atoms with Crippen LogP contribution in [0.5, 0.6) is 5.75 Å². The van der Waals surface area contributed by atoms with Crippen LogP contribution in [0.1, 0.15) is 64.9 Å². The number of ketones is 2. The molecule has 0 amide bonds. The molecule has 3 fully saturated rings. The molecule has 286 valence electrons. The quantitative estimate of drug-likeness (QED) is 0.0804. The smallest absolute Gasteiger partial charge is 0.465 e. The first kappa shape index (κ1) is 39.6. The number of allylic oxidation sites excluding steroid dienone is 4. The van der Waals surface area contributed by atoms with Gasteiger partial charge in [-0.05, 0) is 101 Å². The van der Waals surface area contributed by atoms with Crippen LogP contribution in [0.3, 0.4) is 0 Å². The van der Waals surface area contributed by atoms with Crippen molar-refractivity contribution in [1.29, 1.82) is 0 Å². The Labute approximate surface area is 301 Å². The van der Waals surface area contributed by atoms with E-state index in [9.17, 15) is 29.4 Å². The second kappa shape index (κ2) is 15.4. The number of carbonyl (C=O) groups is 4. The summed E-state index contributed by atoms with van der Waals surface area (Å²) in [5.74, 6) is -3.12. The fourth-order valence-electron chi connectivity index (χ4n) is 9.36. The number of likely N-dealkylation sites (N-methyl/N-ethyl adjacent to an activating group) is 1. The van der Waals surface area contributed by atoms with Crippen molar-refractivity contribution in [1.82, 2.24) is 10.7 Å². The van der Waals surface area contributed by atoms with Gasteiger partial charge in [-0.1, -0.05) is 37.6 Å². The maximum atomic E-state index is 17.4. The number of aliphatic hydroxyl groups excluding tert-OH is 1. The number of nitrogens with zero attached hydrogens (tertiary/aromatic N) is 1. The number of rotatable bonds is 14. The van der Waals surface area contributed by atoms with E-state index < -0.39 is 76.5 Å². The van der Waals surface area contributed by atoms with E-state index in [-0.39, 0.29) is 43.0 Å². The van der Waals surface area contributed by atoms with Gasteiger partial charge in [0.05, 0.1) is 24.7 Å². The lowest BCUT2D eigenvalue weighted by Crippen LogP contribution is -2.69. The summed E-state index contributed by atoms with van der Waals surface area (Å²) in [5.41, 5.74) is -5.17. The number of ether oxygens (including phenoxy) is 3. The average Bonchev–Trinajstić information content (AvgIpc) is 3.30. The number of aliphatic hydroxyl groups is 2. The Bertz CT molecular complexity index is 1580. The van der Waals surface area contributed by atoms with Gasteiger partial charge in [0, 0.05) is 16.7 Å². The lowest BCUT2D eigenvalue weighted by Gasteiger charge is -2.62. The zero-order chi connectivity index (χ0) is 38.1. The molecule has 4 aliphatic rings. The topological polar surface area (TPSA) is 201 Å². The van der Waals surface area contributed by atoms with Gasteiger partial charge >= 0.3 is 12.1 Å². The fraction of sp³-hybridized carbons (Fsp3) is 0.622. The number of benzene rings is 1. The first-order valence-corrected chi connectivity index (χ1v) is 17.7. The number of halogens is 1. The zero-order valence-electron chi connectivity index (χ0n) is 29.9. The predicted molar refractivity (Wildman–Crippen MR) is 179 cm³/mol. The summed E-state index contributed by atoms with van der Waals surface area (Å²) in [4.78, 5) is 55.4. The monoisotopic (exact) mass is 732 g/mol. The zero-order valence-corrected chi connectivity index (χ0v) is 29.9. The molecule has 15 heteroatoms. The van der Waals surface area contributed by atoms with E-state index in [0.29, 0.717) is 37.7 Å². The van der Waals surface area contributed by atoms with E-state index in [0.717, 1.165) is 5.56 Å². The number of alkyl halides is 1. The summed E-state index contributed by atoms with van der Waals surface area (Å²) in [6.45, 7) is 4.48. The van der Waals surface area contributed by atoms with Crippen LogP contribution < -0.4 is 10.1 Å². The molecule has 0 unspecified atom stereocenters. The summed E-state index contributed by atoms with van der Waals surface area (Å²) in [7, 11) is 1.61. The molecule has 4 aliphatic carbocycles. The summed E-state index contributed by atoms with van der Waals surface area (Å²) in [6.07, 6.45) is 3.73. The molecule has 0 saturated heterocycles. The molecule has 52 heavy (non-hydrogen) atoms. The number of esters is 1. The van der Waals surface area contributed by atoms with Gasteiger partial charge in [0.25, 0.3) is 0 Å². The third-order valence-electron chi connectivity index (χ3n) is 12.2. The van der Waals surface area contributed by atoms with Crippen molar-refractivity contribution in [2.45, 2.75) is 89.1 Å². The number of hydrogen-bond acceptors (Lipinski definition) is 14. The standard InChI is InChI=1S/C37H49FN2O12/c1-22-17-28-27-12-9-24-19-25(41)13-14-34(24,2)36(27,38)30(42)20-35(28,3)37(22,46)31(43)21-50-33(45)52-26-10-7-23(8-11-26)18-29(39-4)32(44)49-15-5-6-16-51-40(47)48/h7-8,10-11,13-14,19,22,27-30,39,42,46-48H,5-6,9,12,15-18,20-21H2,1-4H3/t22-,27-,28-,29-,30-,34-,35-,36-,37-/m0/s1. The molecular formula is C37H49FN2O12. The summed E-state index contributed by atoms with van der Waals surface area (Å²) in [6, 6.07) is 5.62. The van der Waals surface area contributed by atoms with Gasteiger partial charge in [-0.3, -0.25) is 29.6 Å². The van der Waals surface area contributed by atoms with Crippen molar-refractivity contribution in [3.63, 3.8) is 0 Å². The van der Waals surface area contributed by atoms with Crippen LogP contribution in [0.15, 0.2) is 48.1 Å². The van der Waals surface area contributed by atoms with Crippen LogP contribution in [0.2, 0.25) is 0 Å². The van der Waals surface area contributed by atoms with E-state index in [1.807, 2.05) is 0 Å². The molecule has 0 aliphatic heterocycles. The molecule has 5 N–H and O–H groups in total. The normalized spacial score (nSPS) is 34.1. The molecule has 0 spiro atoms.